The Kier molecular flexibility index (Phi) is 10.3. The molecule has 1 N–H and O–H groups in total. The zero-order valence-corrected chi connectivity index (χ0v) is 23.0. The molecule has 36 heavy (non-hydrogen) atoms. The van der Waals surface area contributed by atoms with Crippen LogP contribution in [0, 0.1) is 5.92 Å². The molecule has 4 aliphatic rings. The van der Waals surface area contributed by atoms with Crippen molar-refractivity contribution in [3.05, 3.63) is 29.3 Å². The van der Waals surface area contributed by atoms with Crippen LogP contribution in [0.4, 0.5) is 0 Å². The molecule has 2 saturated heterocycles. The minimum absolute atomic E-state index is 0. The fourth-order valence-corrected chi connectivity index (χ4v) is 6.15. The van der Waals surface area contributed by atoms with E-state index >= 15 is 0 Å². The lowest BCUT2D eigenvalue weighted by Crippen LogP contribution is -2.43. The maximum absolute atomic E-state index is 13.1. The van der Waals surface area contributed by atoms with Gasteiger partial charge in [-0.2, -0.15) is 0 Å². The predicted octanol–water partition coefficient (Wildman–Crippen LogP) is 4.16. The van der Waals surface area contributed by atoms with Gasteiger partial charge >= 0.3 is 5.97 Å². The molecule has 5 rings (SSSR count). The number of benzene rings is 1. The second kappa shape index (κ2) is 12.8. The number of piperidine rings is 2. The molecule has 7 nitrogen and oxygen atoms in total. The average Bonchev–Trinajstić information content (AvgIpc) is 3.14. The molecular weight excluding hydrogens is 501 g/mol. The molecule has 0 unspecified atom stereocenters. The lowest BCUT2D eigenvalue weighted by Gasteiger charge is -2.37. The highest BCUT2D eigenvalue weighted by Gasteiger charge is 2.48. The van der Waals surface area contributed by atoms with Crippen molar-refractivity contribution in [2.24, 2.45) is 5.92 Å². The third-order valence-electron chi connectivity index (χ3n) is 8.30. The lowest BCUT2D eigenvalue weighted by molar-refractivity contribution is -0.137. The van der Waals surface area contributed by atoms with E-state index in [1.165, 1.54) is 19.3 Å². The molecule has 3 fully saturated rings. The highest BCUT2D eigenvalue weighted by Crippen LogP contribution is 2.49. The first-order chi connectivity index (χ1) is 16.5. The molecule has 0 radical (unpaired) electrons. The summed E-state index contributed by atoms with van der Waals surface area (Å²) in [5, 5.41) is 3.35. The first kappa shape index (κ1) is 29.0. The number of nitrogens with one attached hydrogen (secondary N) is 1. The van der Waals surface area contributed by atoms with E-state index in [0.29, 0.717) is 18.4 Å². The Morgan fingerprint density at radius 1 is 1.11 bits per heavy atom. The van der Waals surface area contributed by atoms with Crippen LogP contribution in [0.5, 0.6) is 5.75 Å². The van der Waals surface area contributed by atoms with Crippen LogP contribution in [-0.2, 0) is 15.1 Å². The van der Waals surface area contributed by atoms with E-state index in [9.17, 15) is 9.59 Å². The van der Waals surface area contributed by atoms with Gasteiger partial charge in [-0.1, -0.05) is 12.5 Å². The Morgan fingerprint density at radius 3 is 2.50 bits per heavy atom. The Hall–Kier alpha value is -1.54. The van der Waals surface area contributed by atoms with E-state index < -0.39 is 5.60 Å². The van der Waals surface area contributed by atoms with E-state index in [1.54, 1.807) is 0 Å². The molecule has 9 heteroatoms. The van der Waals surface area contributed by atoms with Crippen molar-refractivity contribution in [3.63, 3.8) is 0 Å². The molecule has 0 aromatic heterocycles. The molecule has 3 aliphatic heterocycles. The van der Waals surface area contributed by atoms with E-state index in [0.717, 1.165) is 76.3 Å². The number of esters is 1. The van der Waals surface area contributed by atoms with Crippen LogP contribution >= 0.6 is 24.8 Å². The molecule has 1 aromatic carbocycles. The van der Waals surface area contributed by atoms with Gasteiger partial charge in [-0.3, -0.25) is 4.79 Å². The molecule has 1 amide bonds. The van der Waals surface area contributed by atoms with Crippen LogP contribution in [0.15, 0.2) is 18.2 Å². The number of likely N-dealkylation sites (tertiary alicyclic amines) is 1. The Bertz CT molecular complexity index is 895. The summed E-state index contributed by atoms with van der Waals surface area (Å²) in [6.45, 7) is 6.00. The molecule has 1 aliphatic carbocycles. The molecule has 3 heterocycles. The molecule has 202 valence electrons. The number of nitrogens with zero attached hydrogens (tertiary/aromatic N) is 2. The highest BCUT2D eigenvalue weighted by molar-refractivity contribution is 5.95. The summed E-state index contributed by atoms with van der Waals surface area (Å²) in [5.41, 5.74) is 1.03. The Morgan fingerprint density at radius 2 is 1.81 bits per heavy atom. The summed E-state index contributed by atoms with van der Waals surface area (Å²) in [7, 11) is 1.94. The third kappa shape index (κ3) is 6.29. The van der Waals surface area contributed by atoms with Gasteiger partial charge in [0.05, 0.1) is 5.56 Å². The van der Waals surface area contributed by atoms with Gasteiger partial charge in [0.25, 0.3) is 0 Å². The number of carbonyl (C=O) groups excluding carboxylic acids is 2. The van der Waals surface area contributed by atoms with Crippen LogP contribution < -0.4 is 10.1 Å². The normalized spacial score (nSPS) is 26.4. The van der Waals surface area contributed by atoms with Crippen LogP contribution in [0.25, 0.3) is 0 Å². The van der Waals surface area contributed by atoms with E-state index in [-0.39, 0.29) is 48.7 Å². The van der Waals surface area contributed by atoms with Crippen LogP contribution in [0.2, 0.25) is 0 Å². The van der Waals surface area contributed by atoms with Crippen LogP contribution in [0.1, 0.15) is 73.7 Å². The van der Waals surface area contributed by atoms with Gasteiger partial charge in [0.2, 0.25) is 5.91 Å². The maximum atomic E-state index is 13.1. The molecule has 0 bridgehead atoms. The summed E-state index contributed by atoms with van der Waals surface area (Å²) in [4.78, 5) is 30.3. The van der Waals surface area contributed by atoms with Gasteiger partial charge in [-0.15, -0.1) is 24.8 Å². The minimum Gasteiger partial charge on any atom is -0.490 e. The Balaban J connectivity index is 0.00000180. The SMILES string of the molecule is CN(CCN1CCCCC1)C(=O)C1CCC2(CC1)OC(=O)c1cc(OC3CCNCC3)ccc12.Cl.Cl. The first-order valence-electron chi connectivity index (χ1n) is 13.3. The number of amides is 1. The van der Waals surface area contributed by atoms with Crippen molar-refractivity contribution in [1.82, 2.24) is 15.1 Å². The van der Waals surface area contributed by atoms with Crippen LogP contribution in [-0.4, -0.2) is 74.1 Å². The van der Waals surface area contributed by atoms with Gasteiger partial charge in [0.1, 0.15) is 17.5 Å². The fraction of sp³-hybridized carbons (Fsp3) is 0.704. The molecule has 1 aromatic rings. The smallest absolute Gasteiger partial charge is 0.339 e. The second-order valence-corrected chi connectivity index (χ2v) is 10.6. The van der Waals surface area contributed by atoms with Crippen molar-refractivity contribution in [1.29, 1.82) is 0 Å². The quantitative estimate of drug-likeness (QED) is 0.545. The fourth-order valence-electron chi connectivity index (χ4n) is 6.15. The number of halogens is 2. The van der Waals surface area contributed by atoms with E-state index in [1.807, 2.05) is 30.1 Å². The summed E-state index contributed by atoms with van der Waals surface area (Å²) < 4.78 is 12.1. The van der Waals surface area contributed by atoms with Gasteiger partial charge in [0, 0.05) is 31.6 Å². The minimum atomic E-state index is -0.580. The predicted molar refractivity (Wildman–Crippen MR) is 144 cm³/mol. The first-order valence-corrected chi connectivity index (χ1v) is 13.3. The highest BCUT2D eigenvalue weighted by atomic mass is 35.5. The maximum Gasteiger partial charge on any atom is 0.339 e. The number of ether oxygens (including phenoxy) is 2. The van der Waals surface area contributed by atoms with Crippen molar-refractivity contribution < 1.29 is 19.1 Å². The molecule has 1 saturated carbocycles. The standard InChI is InChI=1S/C27H39N3O4.2ClH/c1-29(17-18-30-15-3-2-4-16-30)25(31)20-7-11-27(12-8-20)24-6-5-22(19-23(24)26(32)34-27)33-21-9-13-28-14-10-21;;/h5-6,19-21,28H,2-4,7-18H2,1H3;2*1H. The zero-order chi connectivity index (χ0) is 23.5. The second-order valence-electron chi connectivity index (χ2n) is 10.6. The van der Waals surface area contributed by atoms with Gasteiger partial charge in [0.15, 0.2) is 0 Å². The lowest BCUT2D eigenvalue weighted by atomic mass is 9.74. The van der Waals surface area contributed by atoms with E-state index in [2.05, 4.69) is 10.2 Å². The van der Waals surface area contributed by atoms with Crippen LogP contribution in [0.3, 0.4) is 0 Å². The van der Waals surface area contributed by atoms with Crippen molar-refractivity contribution in [2.75, 3.05) is 46.3 Å². The number of fused-ring (bicyclic) bond motifs is 2. The van der Waals surface area contributed by atoms with Crippen molar-refractivity contribution in [2.45, 2.75) is 69.5 Å². The third-order valence-corrected chi connectivity index (χ3v) is 8.30. The summed E-state index contributed by atoms with van der Waals surface area (Å²) in [6, 6.07) is 5.86. The zero-order valence-electron chi connectivity index (χ0n) is 21.3. The van der Waals surface area contributed by atoms with Gasteiger partial charge < -0.3 is 24.6 Å². The number of carbonyl (C=O) groups is 2. The largest absolute Gasteiger partial charge is 0.490 e. The topological polar surface area (TPSA) is 71.1 Å². The molecule has 0 atom stereocenters. The number of hydrogen-bond acceptors (Lipinski definition) is 6. The van der Waals surface area contributed by atoms with Gasteiger partial charge in [-0.25, -0.2) is 4.79 Å². The molecule has 1 spiro atoms. The van der Waals surface area contributed by atoms with Crippen molar-refractivity contribution >= 4 is 36.7 Å². The number of likely N-dealkylation sites (N-methyl/N-ethyl adjacent to an activating group) is 1. The summed E-state index contributed by atoms with van der Waals surface area (Å²) in [5.74, 6) is 0.748. The summed E-state index contributed by atoms with van der Waals surface area (Å²) in [6.07, 6.45) is 8.95. The summed E-state index contributed by atoms with van der Waals surface area (Å²) >= 11 is 0. The van der Waals surface area contributed by atoms with Gasteiger partial charge in [-0.05, 0) is 89.7 Å². The average molecular weight is 543 g/mol. The monoisotopic (exact) mass is 541 g/mol. The molecular formula is C27H41Cl2N3O4. The van der Waals surface area contributed by atoms with Crippen molar-refractivity contribution in [3.8, 4) is 5.75 Å². The van der Waals surface area contributed by atoms with E-state index in [4.69, 9.17) is 9.47 Å². The number of hydrogen-bond donors (Lipinski definition) is 1. The number of rotatable bonds is 6. The Labute approximate surface area is 227 Å².